The molecule has 0 heterocycles. The van der Waals surface area contributed by atoms with E-state index in [1.54, 1.807) is 0 Å². The summed E-state index contributed by atoms with van der Waals surface area (Å²) in [6, 6.07) is 0. The molecule has 3 atom stereocenters. The maximum Gasteiger partial charge on any atom is -0.0262 e. The lowest BCUT2D eigenvalue weighted by atomic mass is 9.77. The molecule has 0 fully saturated rings. The summed E-state index contributed by atoms with van der Waals surface area (Å²) in [6.07, 6.45) is 6.07. The molecule has 0 aliphatic heterocycles. The average molecular weight is 196 g/mol. The predicted octanol–water partition coefficient (Wildman–Crippen LogP) is 4.91. The Balaban J connectivity index is 4.13. The Morgan fingerprint density at radius 2 is 1.71 bits per heavy atom. The number of hydrogen-bond donors (Lipinski definition) is 0. The molecular formula is C14H28. The Morgan fingerprint density at radius 3 is 2.07 bits per heavy atom. The molecule has 0 radical (unpaired) electrons. The monoisotopic (exact) mass is 196 g/mol. The van der Waals surface area contributed by atoms with E-state index in [4.69, 9.17) is 0 Å². The molecule has 14 heavy (non-hydrogen) atoms. The minimum Gasteiger partial charge on any atom is -0.103 e. The van der Waals surface area contributed by atoms with Gasteiger partial charge in [0.15, 0.2) is 0 Å². The van der Waals surface area contributed by atoms with E-state index >= 15 is 0 Å². The summed E-state index contributed by atoms with van der Waals surface area (Å²) >= 11 is 0. The molecule has 0 spiro atoms. The Morgan fingerprint density at radius 1 is 1.14 bits per heavy atom. The third-order valence-electron chi connectivity index (χ3n) is 3.36. The van der Waals surface area contributed by atoms with Crippen molar-refractivity contribution in [3.63, 3.8) is 0 Å². The molecule has 0 rings (SSSR count). The van der Waals surface area contributed by atoms with Crippen LogP contribution in [0.15, 0.2) is 12.7 Å². The minimum absolute atomic E-state index is 0.670. The van der Waals surface area contributed by atoms with Crippen molar-refractivity contribution in [2.75, 3.05) is 0 Å². The third kappa shape index (κ3) is 4.83. The van der Waals surface area contributed by atoms with Gasteiger partial charge in [-0.05, 0) is 30.1 Å². The molecule has 0 saturated carbocycles. The highest BCUT2D eigenvalue weighted by molar-refractivity contribution is 4.79. The van der Waals surface area contributed by atoms with E-state index in [2.05, 4.69) is 47.3 Å². The lowest BCUT2D eigenvalue weighted by molar-refractivity contribution is 0.227. The van der Waals surface area contributed by atoms with Crippen LogP contribution in [-0.4, -0.2) is 0 Å². The predicted molar refractivity (Wildman–Crippen MR) is 66.4 cm³/mol. The fourth-order valence-electron chi connectivity index (χ4n) is 2.47. The van der Waals surface area contributed by atoms with Crippen molar-refractivity contribution in [1.29, 1.82) is 0 Å². The molecule has 0 amide bonds. The molecule has 0 bridgehead atoms. The molecule has 0 aromatic rings. The molecule has 0 aromatic heterocycles. The van der Waals surface area contributed by atoms with Gasteiger partial charge < -0.3 is 0 Å². The van der Waals surface area contributed by atoms with Crippen molar-refractivity contribution >= 4 is 0 Å². The first-order valence-corrected chi connectivity index (χ1v) is 6.15. The van der Waals surface area contributed by atoms with Gasteiger partial charge in [0.05, 0.1) is 0 Å². The summed E-state index contributed by atoms with van der Waals surface area (Å²) in [5.41, 5.74) is 0. The first kappa shape index (κ1) is 13.7. The minimum atomic E-state index is 0.670. The largest absolute Gasteiger partial charge is 0.103 e. The van der Waals surface area contributed by atoms with Gasteiger partial charge in [-0.1, -0.05) is 53.5 Å². The van der Waals surface area contributed by atoms with Crippen molar-refractivity contribution in [3.8, 4) is 0 Å². The lowest BCUT2D eigenvalue weighted by Crippen LogP contribution is -2.19. The SMILES string of the molecule is C=CC(C)CC(C)C(CCC)C(C)C. The van der Waals surface area contributed by atoms with Crippen molar-refractivity contribution < 1.29 is 0 Å². The molecule has 0 nitrogen and oxygen atoms in total. The van der Waals surface area contributed by atoms with E-state index in [9.17, 15) is 0 Å². The smallest absolute Gasteiger partial charge is 0.0262 e. The first-order chi connectivity index (χ1) is 6.52. The van der Waals surface area contributed by atoms with Gasteiger partial charge in [-0.3, -0.25) is 0 Å². The number of rotatable bonds is 7. The molecule has 84 valence electrons. The fraction of sp³-hybridized carbons (Fsp3) is 0.857. The quantitative estimate of drug-likeness (QED) is 0.508. The molecule has 3 unspecified atom stereocenters. The summed E-state index contributed by atoms with van der Waals surface area (Å²) in [6.45, 7) is 15.5. The Kier molecular flexibility index (Phi) is 6.96. The van der Waals surface area contributed by atoms with E-state index < -0.39 is 0 Å². The van der Waals surface area contributed by atoms with Crippen LogP contribution in [0.2, 0.25) is 0 Å². The zero-order chi connectivity index (χ0) is 11.1. The van der Waals surface area contributed by atoms with Crippen LogP contribution in [0.3, 0.4) is 0 Å². The molecule has 0 aliphatic carbocycles. The average Bonchev–Trinajstić information content (AvgIpc) is 2.13. The van der Waals surface area contributed by atoms with E-state index in [1.165, 1.54) is 19.3 Å². The van der Waals surface area contributed by atoms with Crippen molar-refractivity contribution in [2.45, 2.75) is 53.9 Å². The number of hydrogen-bond acceptors (Lipinski definition) is 0. The standard InChI is InChI=1S/C14H28/c1-7-9-14(11(3)4)13(6)10-12(5)8-2/h8,11-14H,2,7,9-10H2,1,3-6H3. The van der Waals surface area contributed by atoms with Gasteiger partial charge in [0.2, 0.25) is 0 Å². The van der Waals surface area contributed by atoms with Crippen LogP contribution in [0.1, 0.15) is 53.9 Å². The van der Waals surface area contributed by atoms with E-state index in [1.807, 2.05) is 0 Å². The topological polar surface area (TPSA) is 0 Å². The van der Waals surface area contributed by atoms with Gasteiger partial charge in [-0.25, -0.2) is 0 Å². The van der Waals surface area contributed by atoms with Crippen LogP contribution < -0.4 is 0 Å². The summed E-state index contributed by atoms with van der Waals surface area (Å²) < 4.78 is 0. The summed E-state index contributed by atoms with van der Waals surface area (Å²) in [7, 11) is 0. The van der Waals surface area contributed by atoms with Gasteiger partial charge in [-0.15, -0.1) is 6.58 Å². The highest BCUT2D eigenvalue weighted by Gasteiger charge is 2.20. The van der Waals surface area contributed by atoms with Crippen LogP contribution >= 0.6 is 0 Å². The second-order valence-electron chi connectivity index (χ2n) is 5.12. The highest BCUT2D eigenvalue weighted by Crippen LogP contribution is 2.30. The Hall–Kier alpha value is -0.260. The first-order valence-electron chi connectivity index (χ1n) is 6.15. The maximum absolute atomic E-state index is 3.86. The molecule has 0 saturated heterocycles. The Labute approximate surface area is 90.8 Å². The molecule has 0 aromatic carbocycles. The molecule has 0 N–H and O–H groups in total. The summed E-state index contributed by atoms with van der Waals surface area (Å²) in [4.78, 5) is 0. The van der Waals surface area contributed by atoms with Gasteiger partial charge in [0.25, 0.3) is 0 Å². The van der Waals surface area contributed by atoms with Crippen molar-refractivity contribution in [1.82, 2.24) is 0 Å². The van der Waals surface area contributed by atoms with Crippen LogP contribution in [0.4, 0.5) is 0 Å². The van der Waals surface area contributed by atoms with Crippen molar-refractivity contribution in [2.24, 2.45) is 23.7 Å². The molecule has 0 heteroatoms. The van der Waals surface area contributed by atoms with E-state index in [-0.39, 0.29) is 0 Å². The normalized spacial score (nSPS) is 17.9. The maximum atomic E-state index is 3.86. The van der Waals surface area contributed by atoms with Crippen LogP contribution in [0, 0.1) is 23.7 Å². The van der Waals surface area contributed by atoms with Gasteiger partial charge in [-0.2, -0.15) is 0 Å². The van der Waals surface area contributed by atoms with Crippen LogP contribution in [-0.2, 0) is 0 Å². The lowest BCUT2D eigenvalue weighted by Gasteiger charge is -2.28. The number of allylic oxidation sites excluding steroid dienone is 1. The second-order valence-corrected chi connectivity index (χ2v) is 5.12. The zero-order valence-electron chi connectivity index (χ0n) is 10.7. The fourth-order valence-corrected chi connectivity index (χ4v) is 2.47. The zero-order valence-corrected chi connectivity index (χ0v) is 10.7. The van der Waals surface area contributed by atoms with Gasteiger partial charge >= 0.3 is 0 Å². The van der Waals surface area contributed by atoms with Gasteiger partial charge in [0.1, 0.15) is 0 Å². The third-order valence-corrected chi connectivity index (χ3v) is 3.36. The van der Waals surface area contributed by atoms with E-state index in [0.29, 0.717) is 5.92 Å². The van der Waals surface area contributed by atoms with Gasteiger partial charge in [0, 0.05) is 0 Å². The highest BCUT2D eigenvalue weighted by atomic mass is 14.3. The molecule has 0 aliphatic rings. The second kappa shape index (κ2) is 7.09. The van der Waals surface area contributed by atoms with Crippen LogP contribution in [0.25, 0.3) is 0 Å². The van der Waals surface area contributed by atoms with E-state index in [0.717, 1.165) is 17.8 Å². The summed E-state index contributed by atoms with van der Waals surface area (Å²) in [5.74, 6) is 3.22. The van der Waals surface area contributed by atoms with Crippen LogP contribution in [0.5, 0.6) is 0 Å². The van der Waals surface area contributed by atoms with Crippen molar-refractivity contribution in [3.05, 3.63) is 12.7 Å². The summed E-state index contributed by atoms with van der Waals surface area (Å²) in [5, 5.41) is 0. The molecular weight excluding hydrogens is 168 g/mol. The Bertz CT molecular complexity index is 146.